The summed E-state index contributed by atoms with van der Waals surface area (Å²) in [5.41, 5.74) is 8.92. The number of rotatable bonds is 18. The lowest BCUT2D eigenvalue weighted by Gasteiger charge is -2.29. The van der Waals surface area contributed by atoms with Crippen molar-refractivity contribution in [3.63, 3.8) is 0 Å². The summed E-state index contributed by atoms with van der Waals surface area (Å²) in [7, 11) is 0. The Labute approximate surface area is 271 Å². The van der Waals surface area contributed by atoms with Crippen LogP contribution in [0.1, 0.15) is 95.1 Å². The van der Waals surface area contributed by atoms with Crippen LogP contribution < -0.4 is 9.47 Å². The smallest absolute Gasteiger partial charge is 0.123 e. The zero-order valence-corrected chi connectivity index (χ0v) is 27.7. The summed E-state index contributed by atoms with van der Waals surface area (Å²) in [5.74, 6) is 3.06. The molecule has 0 aliphatic heterocycles. The lowest BCUT2D eigenvalue weighted by atomic mass is 9.77. The average Bonchev–Trinajstić information content (AvgIpc) is 3.08. The van der Waals surface area contributed by atoms with Crippen molar-refractivity contribution in [3.8, 4) is 33.8 Å². The summed E-state index contributed by atoms with van der Waals surface area (Å²) in [6, 6.07) is 22.1. The van der Waals surface area contributed by atoms with E-state index in [1.807, 2.05) is 6.07 Å². The molecule has 0 atom stereocenters. The van der Waals surface area contributed by atoms with Crippen molar-refractivity contribution in [3.05, 3.63) is 96.1 Å². The Hall–Kier alpha value is -3.34. The molecule has 4 rings (SSSR count). The molecule has 1 aliphatic rings. The Kier molecular flexibility index (Phi) is 13.8. The summed E-state index contributed by atoms with van der Waals surface area (Å²) in [6.45, 7) is 13.0. The summed E-state index contributed by atoms with van der Waals surface area (Å²) >= 11 is 0. The first kappa shape index (κ1) is 34.5. The highest BCUT2D eigenvalue weighted by Crippen LogP contribution is 2.39. The molecule has 0 amide bonds. The molecule has 242 valence electrons. The monoisotopic (exact) mass is 610 g/mol. The van der Waals surface area contributed by atoms with E-state index in [1.54, 1.807) is 0 Å². The van der Waals surface area contributed by atoms with Gasteiger partial charge in [-0.25, -0.2) is 0 Å². The van der Waals surface area contributed by atoms with Gasteiger partial charge in [0.15, 0.2) is 0 Å². The molecule has 3 aromatic rings. The molecule has 2 N–H and O–H groups in total. The molecule has 4 nitrogen and oxygen atoms in total. The van der Waals surface area contributed by atoms with E-state index in [0.717, 1.165) is 34.6 Å². The molecule has 0 bridgehead atoms. The molecule has 45 heavy (non-hydrogen) atoms. The van der Waals surface area contributed by atoms with Gasteiger partial charge in [-0.15, -0.1) is 0 Å². The number of benzene rings is 3. The van der Waals surface area contributed by atoms with E-state index in [-0.39, 0.29) is 13.2 Å². The molecule has 1 saturated carbocycles. The van der Waals surface area contributed by atoms with Crippen molar-refractivity contribution < 1.29 is 19.7 Å². The van der Waals surface area contributed by atoms with E-state index in [1.165, 1.54) is 73.6 Å². The minimum atomic E-state index is -0.0400. The number of hydrogen-bond donors (Lipinski definition) is 2. The van der Waals surface area contributed by atoms with Crippen LogP contribution in [0.3, 0.4) is 0 Å². The largest absolute Gasteiger partial charge is 0.493 e. The third-order valence-corrected chi connectivity index (χ3v) is 9.35. The van der Waals surface area contributed by atoms with Gasteiger partial charge in [-0.3, -0.25) is 0 Å². The molecule has 0 saturated heterocycles. The molecule has 0 spiro atoms. The van der Waals surface area contributed by atoms with Crippen LogP contribution in [0.25, 0.3) is 22.3 Å². The molecular weight excluding hydrogens is 556 g/mol. The van der Waals surface area contributed by atoms with Gasteiger partial charge in [-0.2, -0.15) is 0 Å². The van der Waals surface area contributed by atoms with Gasteiger partial charge in [-0.1, -0.05) is 95.2 Å². The summed E-state index contributed by atoms with van der Waals surface area (Å²) in [6.07, 6.45) is 13.0. The maximum atomic E-state index is 9.31. The Morgan fingerprint density at radius 1 is 0.711 bits per heavy atom. The van der Waals surface area contributed by atoms with Crippen molar-refractivity contribution in [1.82, 2.24) is 0 Å². The van der Waals surface area contributed by atoms with Crippen molar-refractivity contribution in [2.45, 2.75) is 90.4 Å². The van der Waals surface area contributed by atoms with Gasteiger partial charge in [0.25, 0.3) is 0 Å². The molecule has 0 heterocycles. The standard InChI is InChI=1S/C41H54O4/c1-5-7-8-9-32-10-12-34(13-11-32)35-14-16-36(17-15-35)37-18-19-41(33(6-2)24-37)38-25-39(44-22-20-30(3)28-42)27-40(26-38)45-23-21-31(4)29-43/h14-19,24-27,32,34,42-43H,3-13,20-23,28-29H2,1-2H3. The van der Waals surface area contributed by atoms with Crippen molar-refractivity contribution >= 4 is 0 Å². The molecule has 0 radical (unpaired) electrons. The van der Waals surface area contributed by atoms with Crippen LogP contribution in [0.2, 0.25) is 0 Å². The van der Waals surface area contributed by atoms with E-state index in [4.69, 9.17) is 9.47 Å². The summed E-state index contributed by atoms with van der Waals surface area (Å²) < 4.78 is 12.2. The molecule has 1 fully saturated rings. The zero-order valence-electron chi connectivity index (χ0n) is 27.7. The normalized spacial score (nSPS) is 16.4. The second-order valence-electron chi connectivity index (χ2n) is 12.8. The maximum absolute atomic E-state index is 9.31. The minimum absolute atomic E-state index is 0.0400. The van der Waals surface area contributed by atoms with E-state index < -0.39 is 0 Å². The minimum Gasteiger partial charge on any atom is -0.493 e. The van der Waals surface area contributed by atoms with E-state index in [9.17, 15) is 10.2 Å². The lowest BCUT2D eigenvalue weighted by Crippen LogP contribution is -2.13. The second kappa shape index (κ2) is 18.0. The van der Waals surface area contributed by atoms with E-state index in [2.05, 4.69) is 81.6 Å². The Balaban J connectivity index is 1.49. The highest BCUT2D eigenvalue weighted by Gasteiger charge is 2.22. The number of hydrogen-bond acceptors (Lipinski definition) is 4. The first-order valence-electron chi connectivity index (χ1n) is 17.1. The fraction of sp³-hybridized carbons (Fsp3) is 0.463. The molecule has 0 unspecified atom stereocenters. The van der Waals surface area contributed by atoms with E-state index >= 15 is 0 Å². The zero-order chi connectivity index (χ0) is 32.0. The first-order valence-corrected chi connectivity index (χ1v) is 17.1. The molecule has 3 aromatic carbocycles. The van der Waals surface area contributed by atoms with Gasteiger partial charge in [0.2, 0.25) is 0 Å². The topological polar surface area (TPSA) is 58.9 Å². The van der Waals surface area contributed by atoms with Gasteiger partial charge >= 0.3 is 0 Å². The van der Waals surface area contributed by atoms with Crippen LogP contribution in [0.5, 0.6) is 11.5 Å². The molecule has 1 aliphatic carbocycles. The summed E-state index contributed by atoms with van der Waals surface area (Å²) in [5, 5.41) is 18.6. The van der Waals surface area contributed by atoms with Crippen molar-refractivity contribution in [2.75, 3.05) is 26.4 Å². The number of aliphatic hydroxyl groups is 2. The van der Waals surface area contributed by atoms with Crippen LogP contribution in [0.4, 0.5) is 0 Å². The van der Waals surface area contributed by atoms with E-state index in [0.29, 0.717) is 43.5 Å². The molecule has 4 heteroatoms. The fourth-order valence-electron chi connectivity index (χ4n) is 6.44. The van der Waals surface area contributed by atoms with Crippen LogP contribution in [0.15, 0.2) is 85.0 Å². The lowest BCUT2D eigenvalue weighted by molar-refractivity contribution is 0.285. The number of aryl methyl sites for hydroxylation is 1. The van der Waals surface area contributed by atoms with Gasteiger partial charge in [0, 0.05) is 18.9 Å². The summed E-state index contributed by atoms with van der Waals surface area (Å²) in [4.78, 5) is 0. The van der Waals surface area contributed by atoms with Gasteiger partial charge in [-0.05, 0) is 101 Å². The predicted octanol–water partition coefficient (Wildman–Crippen LogP) is 10.1. The SMILES string of the molecule is C=C(CO)CCOc1cc(OCCC(=C)CO)cc(-c2ccc(-c3ccc(C4CCC(CCCCC)CC4)cc3)cc2CC)c1. The van der Waals surface area contributed by atoms with Gasteiger partial charge < -0.3 is 19.7 Å². The van der Waals surface area contributed by atoms with Crippen molar-refractivity contribution in [2.24, 2.45) is 5.92 Å². The average molecular weight is 611 g/mol. The molecule has 0 aromatic heterocycles. The van der Waals surface area contributed by atoms with Gasteiger partial charge in [0.05, 0.1) is 26.4 Å². The maximum Gasteiger partial charge on any atom is 0.123 e. The van der Waals surface area contributed by atoms with Gasteiger partial charge in [0.1, 0.15) is 11.5 Å². The quantitative estimate of drug-likeness (QED) is 0.111. The van der Waals surface area contributed by atoms with Crippen molar-refractivity contribution in [1.29, 1.82) is 0 Å². The Bertz CT molecular complexity index is 1320. The third-order valence-electron chi connectivity index (χ3n) is 9.35. The number of aliphatic hydroxyl groups excluding tert-OH is 2. The van der Waals surface area contributed by atoms with Crippen LogP contribution >= 0.6 is 0 Å². The third kappa shape index (κ3) is 10.3. The second-order valence-corrected chi connectivity index (χ2v) is 12.8. The highest BCUT2D eigenvalue weighted by atomic mass is 16.5. The Morgan fingerprint density at radius 3 is 1.87 bits per heavy atom. The van der Waals surface area contributed by atoms with Crippen LogP contribution in [-0.2, 0) is 6.42 Å². The number of unbranched alkanes of at least 4 members (excludes halogenated alkanes) is 2. The van der Waals surface area contributed by atoms with Crippen LogP contribution in [-0.4, -0.2) is 36.6 Å². The Morgan fingerprint density at radius 2 is 1.31 bits per heavy atom. The highest BCUT2D eigenvalue weighted by molar-refractivity contribution is 5.75. The van der Waals surface area contributed by atoms with Crippen LogP contribution in [0, 0.1) is 5.92 Å². The number of ether oxygens (including phenoxy) is 2. The fourth-order valence-corrected chi connectivity index (χ4v) is 6.44. The first-order chi connectivity index (χ1) is 21.9. The molecular formula is C41H54O4. The predicted molar refractivity (Wildman–Crippen MR) is 188 cm³/mol.